The molecule has 11 heteroatoms. The molecule has 3 rings (SSSR count). The second kappa shape index (κ2) is 13.2. The van der Waals surface area contributed by atoms with E-state index in [9.17, 15) is 19.2 Å². The summed E-state index contributed by atoms with van der Waals surface area (Å²) in [7, 11) is 1.65. The number of alkyl carbamates (subject to hydrolysis) is 1. The number of piperidine rings is 1. The Bertz CT molecular complexity index is 1350. The molecule has 218 valence electrons. The molecule has 1 atom stereocenters. The van der Waals surface area contributed by atoms with Gasteiger partial charge in [-0.25, -0.2) is 9.59 Å². The summed E-state index contributed by atoms with van der Waals surface area (Å²) in [6.07, 6.45) is 0.722. The van der Waals surface area contributed by atoms with Crippen molar-refractivity contribution >= 4 is 28.9 Å². The molecule has 1 unspecified atom stereocenters. The van der Waals surface area contributed by atoms with Gasteiger partial charge in [0.25, 0.3) is 0 Å². The van der Waals surface area contributed by atoms with Crippen LogP contribution in [0.1, 0.15) is 65.5 Å². The van der Waals surface area contributed by atoms with E-state index in [2.05, 4.69) is 22.5 Å². The third-order valence-electron chi connectivity index (χ3n) is 6.14. The second-order valence-electron chi connectivity index (χ2n) is 11.7. The fourth-order valence-electron chi connectivity index (χ4n) is 4.26. The summed E-state index contributed by atoms with van der Waals surface area (Å²) in [4.78, 5) is 48.4. The highest BCUT2D eigenvalue weighted by molar-refractivity contribution is 6.00. The van der Waals surface area contributed by atoms with Crippen LogP contribution in [0.25, 0.3) is 11.0 Å². The van der Waals surface area contributed by atoms with E-state index >= 15 is 0 Å². The summed E-state index contributed by atoms with van der Waals surface area (Å²) in [5.74, 6) is 5.28. The average molecular weight is 557 g/mol. The lowest BCUT2D eigenvalue weighted by molar-refractivity contribution is -0.135. The zero-order chi connectivity index (χ0) is 29.5. The van der Waals surface area contributed by atoms with Crippen molar-refractivity contribution in [3.63, 3.8) is 0 Å². The maximum Gasteiger partial charge on any atom is 0.407 e. The first-order valence-corrected chi connectivity index (χ1v) is 13.4. The third-order valence-corrected chi connectivity index (χ3v) is 6.14. The zero-order valence-electron chi connectivity index (χ0n) is 24.2. The molecule has 1 aliphatic rings. The van der Waals surface area contributed by atoms with E-state index in [-0.39, 0.29) is 36.5 Å². The average Bonchev–Trinajstić information content (AvgIpc) is 3.09. The molecule has 2 aromatic rings. The van der Waals surface area contributed by atoms with Gasteiger partial charge in [0.2, 0.25) is 11.8 Å². The minimum atomic E-state index is -0.722. The number of fused-ring (bicyclic) bond motifs is 1. The molecular formula is C29H40N4O7. The van der Waals surface area contributed by atoms with E-state index in [1.165, 1.54) is 9.13 Å². The Morgan fingerprint density at radius 2 is 1.82 bits per heavy atom. The van der Waals surface area contributed by atoms with Crippen molar-refractivity contribution < 1.29 is 28.6 Å². The largest absolute Gasteiger partial charge is 0.444 e. The fourth-order valence-corrected chi connectivity index (χ4v) is 4.26. The molecule has 0 spiro atoms. The number of rotatable bonds is 10. The number of benzene rings is 1. The monoisotopic (exact) mass is 556 g/mol. The Balaban J connectivity index is 1.45. The van der Waals surface area contributed by atoms with E-state index < -0.39 is 23.6 Å². The Labute approximate surface area is 234 Å². The first-order valence-electron chi connectivity index (χ1n) is 13.4. The van der Waals surface area contributed by atoms with Crippen molar-refractivity contribution in [3.8, 4) is 11.8 Å². The molecule has 1 aliphatic heterocycles. The summed E-state index contributed by atoms with van der Waals surface area (Å²) in [5.41, 5.74) is 0.940. The van der Waals surface area contributed by atoms with Crippen LogP contribution < -0.4 is 16.3 Å². The van der Waals surface area contributed by atoms with Crippen LogP contribution in [0.15, 0.2) is 23.0 Å². The van der Waals surface area contributed by atoms with E-state index in [0.29, 0.717) is 43.8 Å². The lowest BCUT2D eigenvalue weighted by Gasteiger charge is -2.23. The van der Waals surface area contributed by atoms with Gasteiger partial charge in [0.05, 0.1) is 24.2 Å². The van der Waals surface area contributed by atoms with Gasteiger partial charge in [-0.1, -0.05) is 25.7 Å². The van der Waals surface area contributed by atoms with Gasteiger partial charge in [-0.05, 0) is 51.8 Å². The Kier molecular flexibility index (Phi) is 10.2. The predicted octanol–water partition coefficient (Wildman–Crippen LogP) is 2.64. The molecule has 11 nitrogen and oxygen atoms in total. The molecule has 1 fully saturated rings. The molecule has 0 aliphatic carbocycles. The van der Waals surface area contributed by atoms with Crippen LogP contribution in [-0.4, -0.2) is 65.6 Å². The number of nitrogens with one attached hydrogen (secondary N) is 2. The lowest BCUT2D eigenvalue weighted by atomic mass is 9.96. The zero-order valence-corrected chi connectivity index (χ0v) is 24.2. The minimum absolute atomic E-state index is 0.194. The molecule has 2 heterocycles. The van der Waals surface area contributed by atoms with E-state index in [1.54, 1.807) is 19.2 Å². The highest BCUT2D eigenvalue weighted by Gasteiger charge is 2.31. The maximum absolute atomic E-state index is 12.9. The van der Waals surface area contributed by atoms with Crippen LogP contribution >= 0.6 is 0 Å². The predicted molar refractivity (Wildman–Crippen MR) is 150 cm³/mol. The van der Waals surface area contributed by atoms with Gasteiger partial charge in [-0.15, -0.1) is 0 Å². The van der Waals surface area contributed by atoms with Crippen molar-refractivity contribution in [2.24, 2.45) is 12.5 Å². The smallest absolute Gasteiger partial charge is 0.407 e. The molecule has 1 aromatic carbocycles. The summed E-state index contributed by atoms with van der Waals surface area (Å²) >= 11 is 0. The highest BCUT2D eigenvalue weighted by Crippen LogP contribution is 2.23. The number of amides is 3. The second-order valence-corrected chi connectivity index (χ2v) is 11.7. The molecule has 3 amide bonds. The first-order chi connectivity index (χ1) is 18.8. The van der Waals surface area contributed by atoms with E-state index in [4.69, 9.17) is 14.2 Å². The van der Waals surface area contributed by atoms with Crippen LogP contribution in [0.2, 0.25) is 0 Å². The van der Waals surface area contributed by atoms with Gasteiger partial charge in [0.1, 0.15) is 18.2 Å². The Morgan fingerprint density at radius 3 is 2.52 bits per heavy atom. The third kappa shape index (κ3) is 8.69. The Hall–Kier alpha value is -3.62. The quantitative estimate of drug-likeness (QED) is 0.261. The number of ether oxygens (including phenoxy) is 3. The normalized spacial score (nSPS) is 15.9. The van der Waals surface area contributed by atoms with Crippen LogP contribution in [0, 0.1) is 17.3 Å². The van der Waals surface area contributed by atoms with Crippen LogP contribution in [0.5, 0.6) is 0 Å². The number of nitrogens with zero attached hydrogens (tertiary/aromatic N) is 2. The van der Waals surface area contributed by atoms with Crippen molar-refractivity contribution in [2.45, 2.75) is 65.5 Å². The van der Waals surface area contributed by atoms with Gasteiger partial charge < -0.3 is 19.5 Å². The number of hydrogen-bond acceptors (Lipinski definition) is 7. The van der Waals surface area contributed by atoms with Crippen molar-refractivity contribution in [1.82, 2.24) is 19.8 Å². The van der Waals surface area contributed by atoms with Gasteiger partial charge in [0, 0.05) is 37.6 Å². The maximum atomic E-state index is 12.9. The molecule has 40 heavy (non-hydrogen) atoms. The van der Waals surface area contributed by atoms with Crippen molar-refractivity contribution in [1.29, 1.82) is 0 Å². The summed E-state index contributed by atoms with van der Waals surface area (Å²) in [6, 6.07) is 4.66. The molecule has 0 bridgehead atoms. The molecular weight excluding hydrogens is 516 g/mol. The van der Waals surface area contributed by atoms with Gasteiger partial charge in [-0.3, -0.25) is 24.0 Å². The van der Waals surface area contributed by atoms with Gasteiger partial charge >= 0.3 is 11.8 Å². The number of carbonyl (C=O) groups is 3. The van der Waals surface area contributed by atoms with Crippen molar-refractivity contribution in [2.75, 3.05) is 33.0 Å². The lowest BCUT2D eigenvalue weighted by Crippen LogP contribution is -2.44. The van der Waals surface area contributed by atoms with Crippen molar-refractivity contribution in [3.05, 3.63) is 34.2 Å². The molecule has 2 N–H and O–H groups in total. The van der Waals surface area contributed by atoms with Crippen LogP contribution in [0.4, 0.5) is 4.79 Å². The topological polar surface area (TPSA) is 130 Å². The summed E-state index contributed by atoms with van der Waals surface area (Å²) in [5, 5.41) is 5.02. The van der Waals surface area contributed by atoms with Gasteiger partial charge in [-0.2, -0.15) is 0 Å². The van der Waals surface area contributed by atoms with E-state index in [1.807, 2.05) is 40.7 Å². The highest BCUT2D eigenvalue weighted by atomic mass is 16.6. The van der Waals surface area contributed by atoms with Crippen LogP contribution in [0.3, 0.4) is 0 Å². The number of imidazole rings is 1. The minimum Gasteiger partial charge on any atom is -0.444 e. The number of hydrogen-bond donors (Lipinski definition) is 2. The van der Waals surface area contributed by atoms with Gasteiger partial charge in [0.15, 0.2) is 0 Å². The summed E-state index contributed by atoms with van der Waals surface area (Å²) < 4.78 is 19.6. The summed E-state index contributed by atoms with van der Waals surface area (Å²) in [6.45, 7) is 11.7. The molecule has 0 radical (unpaired) electrons. The number of aromatic nitrogens is 2. The van der Waals surface area contributed by atoms with Crippen LogP contribution in [-0.2, 0) is 30.8 Å². The molecule has 0 saturated carbocycles. The number of imide groups is 1. The standard InChI is InChI=1S/C29H40N4O7/c1-28(2,3)40-26(36)30-14-8-16-39-19-29(4,5)18-38-15-7-9-20-10-11-21-23(17-20)32(6)27(37)33(21)22-12-13-24(34)31-25(22)35/h10-11,17,22H,8,12-16,18-19H2,1-6H3,(H,30,36)(H,31,34,35). The fraction of sp³-hybridized carbons (Fsp3) is 0.586. The number of carbonyl (C=O) groups excluding carboxylic acids is 3. The SMILES string of the molecule is Cn1c(=O)n(C2CCC(=O)NC2=O)c2ccc(C#CCOCC(C)(C)COCCCNC(=O)OC(C)(C)C)cc21. The first kappa shape index (κ1) is 30.9. The Morgan fingerprint density at radius 1 is 1.10 bits per heavy atom. The number of aryl methyl sites for hydroxylation is 1. The van der Waals surface area contributed by atoms with E-state index in [0.717, 1.165) is 5.56 Å². The molecule has 1 aromatic heterocycles. The molecule has 1 saturated heterocycles.